The molecule has 0 aromatic heterocycles. The lowest BCUT2D eigenvalue weighted by Crippen LogP contribution is -1.97. The van der Waals surface area contributed by atoms with Crippen molar-refractivity contribution < 1.29 is 0 Å². The molecular weight excluding hydrogens is 140 g/mol. The molecule has 2 rings (SSSR count). The van der Waals surface area contributed by atoms with E-state index in [1.165, 1.54) is 16.7 Å². The van der Waals surface area contributed by atoms with Crippen LogP contribution in [-0.2, 0) is 0 Å². The molecule has 1 heterocycles. The molecule has 1 atom stereocenters. The summed E-state index contributed by atoms with van der Waals surface area (Å²) in [6, 6.07) is 0. The Bertz CT molecular complexity index is 256. The second-order valence-electron chi connectivity index (χ2n) is 2.74. The molecule has 1 radical (unpaired) electrons. The minimum absolute atomic E-state index is 0.611. The Hall–Kier alpha value is -0.430. The topological polar surface area (TPSA) is 0 Å². The van der Waals surface area contributed by atoms with Crippen molar-refractivity contribution in [2.45, 2.75) is 19.1 Å². The van der Waals surface area contributed by atoms with Crippen LogP contribution in [-0.4, -0.2) is 5.25 Å². The summed E-state index contributed by atoms with van der Waals surface area (Å²) < 4.78 is 0. The van der Waals surface area contributed by atoms with Crippen molar-refractivity contribution in [3.63, 3.8) is 0 Å². The Labute approximate surface area is 65.7 Å². The van der Waals surface area contributed by atoms with Crippen molar-refractivity contribution in [1.82, 2.24) is 0 Å². The molecule has 0 saturated carbocycles. The number of fused-ring (bicyclic) bond motifs is 1. The molecule has 1 aliphatic carbocycles. The largest absolute Gasteiger partial charge is 0.121 e. The molecule has 51 valence electrons. The Morgan fingerprint density at radius 1 is 1.50 bits per heavy atom. The molecule has 1 heteroatoms. The number of hydrogen-bond donors (Lipinski definition) is 0. The van der Waals surface area contributed by atoms with Gasteiger partial charge in [0.25, 0.3) is 0 Å². The maximum absolute atomic E-state index is 3.24. The van der Waals surface area contributed by atoms with E-state index in [-0.39, 0.29) is 0 Å². The van der Waals surface area contributed by atoms with Gasteiger partial charge in [-0.15, -0.1) is 11.8 Å². The first-order chi connectivity index (χ1) is 4.79. The van der Waals surface area contributed by atoms with Crippen LogP contribution in [0.3, 0.4) is 0 Å². The van der Waals surface area contributed by atoms with E-state index in [2.05, 4.69) is 31.4 Å². The molecule has 0 saturated heterocycles. The number of hydrogen-bond acceptors (Lipinski definition) is 1. The van der Waals surface area contributed by atoms with Gasteiger partial charge in [-0.25, -0.2) is 0 Å². The first-order valence-corrected chi connectivity index (χ1v) is 4.36. The van der Waals surface area contributed by atoms with Crippen LogP contribution in [0.5, 0.6) is 0 Å². The average molecular weight is 149 g/mol. The van der Waals surface area contributed by atoms with Crippen LogP contribution in [0.15, 0.2) is 28.2 Å². The SMILES string of the molecule is CC1=C(C)C2SC=[C]C2=C1. The number of allylic oxidation sites excluding steroid dienone is 3. The molecule has 0 N–H and O–H groups in total. The second-order valence-corrected chi connectivity index (χ2v) is 3.72. The van der Waals surface area contributed by atoms with Crippen molar-refractivity contribution in [2.24, 2.45) is 0 Å². The van der Waals surface area contributed by atoms with Crippen LogP contribution in [0, 0.1) is 6.08 Å². The van der Waals surface area contributed by atoms with Gasteiger partial charge in [-0.1, -0.05) is 17.2 Å². The van der Waals surface area contributed by atoms with E-state index in [0.717, 1.165) is 0 Å². The summed E-state index contributed by atoms with van der Waals surface area (Å²) in [5.41, 5.74) is 4.29. The van der Waals surface area contributed by atoms with Gasteiger partial charge in [0.1, 0.15) is 0 Å². The number of rotatable bonds is 0. The summed E-state index contributed by atoms with van der Waals surface area (Å²) in [6.45, 7) is 4.38. The third kappa shape index (κ3) is 0.702. The van der Waals surface area contributed by atoms with Gasteiger partial charge in [-0.3, -0.25) is 0 Å². The lowest BCUT2D eigenvalue weighted by atomic mass is 10.1. The quantitative estimate of drug-likeness (QED) is 0.510. The van der Waals surface area contributed by atoms with Gasteiger partial charge in [0, 0.05) is 0 Å². The highest BCUT2D eigenvalue weighted by Crippen LogP contribution is 2.39. The molecule has 1 unspecified atom stereocenters. The zero-order valence-corrected chi connectivity index (χ0v) is 6.96. The monoisotopic (exact) mass is 149 g/mol. The minimum atomic E-state index is 0.611. The predicted molar refractivity (Wildman–Crippen MR) is 45.6 cm³/mol. The summed E-state index contributed by atoms with van der Waals surface area (Å²) in [4.78, 5) is 0. The zero-order valence-electron chi connectivity index (χ0n) is 6.14. The fourth-order valence-corrected chi connectivity index (χ4v) is 2.34. The summed E-state index contributed by atoms with van der Waals surface area (Å²) in [6.07, 6.45) is 5.47. The molecule has 0 fully saturated rings. The predicted octanol–water partition coefficient (Wildman–Crippen LogP) is 2.70. The standard InChI is InChI=1S/C9H9S/c1-6-5-8-3-4-10-9(8)7(6)2/h4-5,9H,1-2H3. The fraction of sp³-hybridized carbons (Fsp3) is 0.333. The Kier molecular flexibility index (Phi) is 1.27. The van der Waals surface area contributed by atoms with Crippen LogP contribution in [0.2, 0.25) is 0 Å². The molecule has 0 nitrogen and oxygen atoms in total. The average Bonchev–Trinajstić information content (AvgIpc) is 2.41. The van der Waals surface area contributed by atoms with Crippen molar-refractivity contribution in [3.8, 4) is 0 Å². The Morgan fingerprint density at radius 2 is 2.30 bits per heavy atom. The van der Waals surface area contributed by atoms with Crippen molar-refractivity contribution in [2.75, 3.05) is 0 Å². The van der Waals surface area contributed by atoms with Crippen molar-refractivity contribution in [1.29, 1.82) is 0 Å². The lowest BCUT2D eigenvalue weighted by Gasteiger charge is -2.05. The van der Waals surface area contributed by atoms with Gasteiger partial charge >= 0.3 is 0 Å². The van der Waals surface area contributed by atoms with Crippen molar-refractivity contribution >= 4 is 11.8 Å². The fourth-order valence-electron chi connectivity index (χ4n) is 1.33. The summed E-state index contributed by atoms with van der Waals surface area (Å²) in [5, 5.41) is 2.67. The van der Waals surface area contributed by atoms with E-state index in [1.807, 2.05) is 11.8 Å². The number of thioether (sulfide) groups is 1. The van der Waals surface area contributed by atoms with E-state index < -0.39 is 0 Å². The summed E-state index contributed by atoms with van der Waals surface area (Å²) in [7, 11) is 0. The maximum Gasteiger partial charge on any atom is 0.0557 e. The van der Waals surface area contributed by atoms with Gasteiger partial charge in [0.15, 0.2) is 0 Å². The minimum Gasteiger partial charge on any atom is -0.121 e. The van der Waals surface area contributed by atoms with E-state index in [1.54, 1.807) is 0 Å². The molecule has 0 bridgehead atoms. The van der Waals surface area contributed by atoms with Crippen LogP contribution in [0.25, 0.3) is 0 Å². The van der Waals surface area contributed by atoms with E-state index in [9.17, 15) is 0 Å². The van der Waals surface area contributed by atoms with Gasteiger partial charge in [-0.05, 0) is 30.9 Å². The normalized spacial score (nSPS) is 29.4. The van der Waals surface area contributed by atoms with Crippen LogP contribution < -0.4 is 0 Å². The summed E-state index contributed by atoms with van der Waals surface area (Å²) >= 11 is 1.86. The zero-order chi connectivity index (χ0) is 7.14. The molecule has 0 aromatic carbocycles. The van der Waals surface area contributed by atoms with Gasteiger partial charge in [-0.2, -0.15) is 0 Å². The maximum atomic E-state index is 3.24. The van der Waals surface area contributed by atoms with Crippen molar-refractivity contribution in [3.05, 3.63) is 34.3 Å². The Morgan fingerprint density at radius 3 is 3.00 bits per heavy atom. The molecule has 10 heavy (non-hydrogen) atoms. The van der Waals surface area contributed by atoms with E-state index in [4.69, 9.17) is 0 Å². The molecule has 0 aromatic rings. The Balaban J connectivity index is 2.41. The molecule has 2 aliphatic rings. The third-order valence-electron chi connectivity index (χ3n) is 2.10. The lowest BCUT2D eigenvalue weighted by molar-refractivity contribution is 1.20. The molecule has 0 amide bonds. The van der Waals surface area contributed by atoms with Gasteiger partial charge in [0.2, 0.25) is 0 Å². The highest BCUT2D eigenvalue weighted by atomic mass is 32.2. The first-order valence-electron chi connectivity index (χ1n) is 3.41. The highest BCUT2D eigenvalue weighted by Gasteiger charge is 2.24. The molecular formula is C9H9S. The smallest absolute Gasteiger partial charge is 0.0557 e. The van der Waals surface area contributed by atoms with E-state index in [0.29, 0.717) is 5.25 Å². The van der Waals surface area contributed by atoms with Crippen LogP contribution in [0.1, 0.15) is 13.8 Å². The highest BCUT2D eigenvalue weighted by molar-refractivity contribution is 8.03. The van der Waals surface area contributed by atoms with Gasteiger partial charge < -0.3 is 0 Å². The second kappa shape index (κ2) is 2.03. The van der Waals surface area contributed by atoms with Crippen LogP contribution >= 0.6 is 11.8 Å². The molecule has 1 aliphatic heterocycles. The van der Waals surface area contributed by atoms with E-state index >= 15 is 0 Å². The first kappa shape index (κ1) is 6.29. The molecule has 0 spiro atoms. The van der Waals surface area contributed by atoms with Crippen LogP contribution in [0.4, 0.5) is 0 Å². The van der Waals surface area contributed by atoms with Gasteiger partial charge in [0.05, 0.1) is 5.25 Å². The summed E-state index contributed by atoms with van der Waals surface area (Å²) in [5.74, 6) is 0. The third-order valence-corrected chi connectivity index (χ3v) is 3.23.